The van der Waals surface area contributed by atoms with Crippen LogP contribution in [-0.4, -0.2) is 16.1 Å². The van der Waals surface area contributed by atoms with Crippen LogP contribution in [0.4, 0.5) is 0 Å². The normalized spacial score (nSPS) is 12.9. The van der Waals surface area contributed by atoms with Crippen LogP contribution >= 0.6 is 34.7 Å². The lowest BCUT2D eigenvalue weighted by atomic mass is 10.00. The van der Waals surface area contributed by atoms with Gasteiger partial charge < -0.3 is 5.32 Å². The number of aromatic nitrogens is 2. The van der Waals surface area contributed by atoms with Gasteiger partial charge >= 0.3 is 0 Å². The quantitative estimate of drug-likeness (QED) is 0.813. The lowest BCUT2D eigenvalue weighted by molar-refractivity contribution is 0.549. The van der Waals surface area contributed by atoms with Crippen LogP contribution < -0.4 is 5.32 Å². The molecule has 1 aromatic heterocycles. The van der Waals surface area contributed by atoms with Gasteiger partial charge in [-0.1, -0.05) is 54.5 Å². The molecule has 3 nitrogen and oxygen atoms in total. The van der Waals surface area contributed by atoms with Crippen molar-refractivity contribution in [3.63, 3.8) is 0 Å². The third kappa shape index (κ3) is 4.16. The molecule has 0 radical (unpaired) electrons. The maximum atomic E-state index is 6.30. The minimum atomic E-state index is 0.172. The lowest BCUT2D eigenvalue weighted by Gasteiger charge is -2.19. The van der Waals surface area contributed by atoms with E-state index >= 15 is 0 Å². The summed E-state index contributed by atoms with van der Waals surface area (Å²) in [7, 11) is 0. The van der Waals surface area contributed by atoms with Gasteiger partial charge in [0.25, 0.3) is 0 Å². The minimum absolute atomic E-state index is 0.172. The second-order valence-corrected chi connectivity index (χ2v) is 6.86. The van der Waals surface area contributed by atoms with Crippen molar-refractivity contribution >= 4 is 34.7 Å². The summed E-state index contributed by atoms with van der Waals surface area (Å²) in [6, 6.07) is 5.82. The molecular weight excluding hydrogens is 325 g/mol. The van der Waals surface area contributed by atoms with Gasteiger partial charge in [0, 0.05) is 16.1 Å². The Kier molecular flexibility index (Phi) is 5.99. The average Bonchev–Trinajstić information content (AvgIpc) is 2.90. The van der Waals surface area contributed by atoms with E-state index in [1.54, 1.807) is 6.07 Å². The van der Waals surface area contributed by atoms with E-state index in [1.807, 2.05) is 12.1 Å². The Bertz CT molecular complexity index is 598. The number of hydrogen-bond acceptors (Lipinski definition) is 4. The predicted octanol–water partition coefficient (Wildman–Crippen LogP) is 4.86. The molecule has 1 aromatic carbocycles. The fourth-order valence-electron chi connectivity index (χ4n) is 2.26. The Morgan fingerprint density at radius 3 is 2.67 bits per heavy atom. The molecule has 0 saturated carbocycles. The Morgan fingerprint density at radius 1 is 1.29 bits per heavy atom. The zero-order valence-corrected chi connectivity index (χ0v) is 14.7. The lowest BCUT2D eigenvalue weighted by Crippen LogP contribution is -2.23. The molecule has 0 bridgehead atoms. The van der Waals surface area contributed by atoms with Gasteiger partial charge in [-0.15, -0.1) is 5.10 Å². The van der Waals surface area contributed by atoms with E-state index in [9.17, 15) is 0 Å². The fraction of sp³-hybridized carbons (Fsp3) is 0.467. The number of hydrogen-bond donors (Lipinski definition) is 1. The Hall–Kier alpha value is -0.680. The molecule has 0 aliphatic rings. The van der Waals surface area contributed by atoms with Crippen molar-refractivity contribution in [2.24, 2.45) is 0 Å². The second kappa shape index (κ2) is 7.54. The van der Waals surface area contributed by atoms with Crippen LogP contribution in [0.3, 0.4) is 0 Å². The van der Waals surface area contributed by atoms with Gasteiger partial charge in [0.15, 0.2) is 0 Å². The summed E-state index contributed by atoms with van der Waals surface area (Å²) in [4.78, 5) is 1.19. The number of nitrogens with one attached hydrogen (secondary N) is 1. The van der Waals surface area contributed by atoms with Gasteiger partial charge in [0.2, 0.25) is 0 Å². The van der Waals surface area contributed by atoms with E-state index in [4.69, 9.17) is 23.2 Å². The molecule has 0 aliphatic heterocycles. The van der Waals surface area contributed by atoms with Crippen molar-refractivity contribution in [2.75, 3.05) is 6.54 Å². The van der Waals surface area contributed by atoms with E-state index in [0.29, 0.717) is 16.0 Å². The van der Waals surface area contributed by atoms with Crippen LogP contribution in [0.5, 0.6) is 0 Å². The number of likely N-dealkylation sites (N-methyl/N-ethyl adjacent to an activating group) is 1. The molecule has 2 rings (SSSR count). The van der Waals surface area contributed by atoms with E-state index in [0.717, 1.165) is 24.2 Å². The van der Waals surface area contributed by atoms with Crippen LogP contribution in [0.2, 0.25) is 10.0 Å². The number of nitrogens with zero attached hydrogens (tertiary/aromatic N) is 2. The van der Waals surface area contributed by atoms with Crippen LogP contribution in [0.1, 0.15) is 48.9 Å². The second-order valence-electron chi connectivity index (χ2n) is 5.23. The predicted molar refractivity (Wildman–Crippen MR) is 90.6 cm³/mol. The Labute approximate surface area is 139 Å². The molecule has 0 amide bonds. The zero-order valence-electron chi connectivity index (χ0n) is 12.4. The smallest absolute Gasteiger partial charge is 0.0829 e. The fourth-order valence-corrected chi connectivity index (χ4v) is 3.62. The first-order valence-corrected chi connectivity index (χ1v) is 8.55. The molecule has 114 valence electrons. The van der Waals surface area contributed by atoms with Crippen LogP contribution in [0.25, 0.3) is 0 Å². The summed E-state index contributed by atoms with van der Waals surface area (Å²) < 4.78 is 4.12. The van der Waals surface area contributed by atoms with Crippen LogP contribution in [-0.2, 0) is 6.42 Å². The maximum Gasteiger partial charge on any atom is 0.0829 e. The summed E-state index contributed by atoms with van der Waals surface area (Å²) in [6.45, 7) is 7.25. The van der Waals surface area contributed by atoms with Crippen molar-refractivity contribution in [2.45, 2.75) is 39.2 Å². The Morgan fingerprint density at radius 2 is 2.05 bits per heavy atom. The van der Waals surface area contributed by atoms with E-state index < -0.39 is 0 Å². The summed E-state index contributed by atoms with van der Waals surface area (Å²) in [6.07, 6.45) is 0.799. The highest BCUT2D eigenvalue weighted by molar-refractivity contribution is 7.05. The molecular formula is C15H19Cl2N3S. The van der Waals surface area contributed by atoms with E-state index in [1.165, 1.54) is 16.4 Å². The highest BCUT2D eigenvalue weighted by Gasteiger charge is 2.21. The maximum absolute atomic E-state index is 6.30. The van der Waals surface area contributed by atoms with Crippen molar-refractivity contribution in [1.82, 2.24) is 14.9 Å². The standard InChI is InChI=1S/C15H19Cl2N3S/c1-4-18-13(15-14(9(2)3)19-20-21-15)7-10-5-6-11(16)8-12(10)17/h5-6,8-9,13,18H,4,7H2,1-3H3. The SMILES string of the molecule is CCNC(Cc1ccc(Cl)cc1Cl)c1snnc1C(C)C. The molecule has 0 spiro atoms. The van der Waals surface area contributed by atoms with Crippen LogP contribution in [0.15, 0.2) is 18.2 Å². The van der Waals surface area contributed by atoms with Crippen LogP contribution in [0, 0.1) is 0 Å². The third-order valence-corrected chi connectivity index (χ3v) is 4.73. The van der Waals surface area contributed by atoms with Gasteiger partial charge in [0.1, 0.15) is 0 Å². The first kappa shape index (κ1) is 16.7. The molecule has 0 aliphatic carbocycles. The highest BCUT2D eigenvalue weighted by atomic mass is 35.5. The summed E-state index contributed by atoms with van der Waals surface area (Å²) in [5.74, 6) is 0.362. The van der Waals surface area contributed by atoms with Gasteiger partial charge in [-0.25, -0.2) is 0 Å². The molecule has 1 N–H and O–H groups in total. The molecule has 6 heteroatoms. The molecule has 21 heavy (non-hydrogen) atoms. The first-order valence-electron chi connectivity index (χ1n) is 7.02. The monoisotopic (exact) mass is 343 g/mol. The first-order chi connectivity index (χ1) is 10.0. The van der Waals surface area contributed by atoms with Crippen molar-refractivity contribution in [3.05, 3.63) is 44.4 Å². The topological polar surface area (TPSA) is 37.8 Å². The third-order valence-electron chi connectivity index (χ3n) is 3.29. The van der Waals surface area contributed by atoms with Gasteiger partial charge in [-0.3, -0.25) is 0 Å². The van der Waals surface area contributed by atoms with Gasteiger partial charge in [-0.2, -0.15) is 0 Å². The van der Waals surface area contributed by atoms with Crippen molar-refractivity contribution < 1.29 is 0 Å². The summed E-state index contributed by atoms with van der Waals surface area (Å²) in [5.41, 5.74) is 2.14. The summed E-state index contributed by atoms with van der Waals surface area (Å²) >= 11 is 13.7. The zero-order chi connectivity index (χ0) is 15.4. The number of benzene rings is 1. The van der Waals surface area contributed by atoms with Gasteiger partial charge in [-0.05, 0) is 48.1 Å². The van der Waals surface area contributed by atoms with Crippen molar-refractivity contribution in [3.8, 4) is 0 Å². The number of rotatable bonds is 6. The molecule has 1 unspecified atom stereocenters. The van der Waals surface area contributed by atoms with Gasteiger partial charge in [0.05, 0.1) is 10.6 Å². The number of halogens is 2. The molecule has 0 fully saturated rings. The van der Waals surface area contributed by atoms with E-state index in [2.05, 4.69) is 35.7 Å². The molecule has 2 aromatic rings. The molecule has 0 saturated heterocycles. The largest absolute Gasteiger partial charge is 0.309 e. The van der Waals surface area contributed by atoms with Crippen molar-refractivity contribution in [1.29, 1.82) is 0 Å². The molecule has 1 heterocycles. The average molecular weight is 344 g/mol. The highest BCUT2D eigenvalue weighted by Crippen LogP contribution is 2.31. The van der Waals surface area contributed by atoms with E-state index in [-0.39, 0.29) is 6.04 Å². The Balaban J connectivity index is 2.28. The summed E-state index contributed by atoms with van der Waals surface area (Å²) in [5, 5.41) is 9.14. The minimum Gasteiger partial charge on any atom is -0.309 e. The molecule has 1 atom stereocenters.